The highest BCUT2D eigenvalue weighted by atomic mass is 35.5. The van der Waals surface area contributed by atoms with Gasteiger partial charge >= 0.3 is 0 Å². The van der Waals surface area contributed by atoms with Gasteiger partial charge in [-0.05, 0) is 49.2 Å². The number of nitro groups is 1. The summed E-state index contributed by atoms with van der Waals surface area (Å²) in [5.74, 6) is 0. The Hall–Kier alpha value is -1.56. The summed E-state index contributed by atoms with van der Waals surface area (Å²) in [6.07, 6.45) is 0.595. The van der Waals surface area contributed by atoms with Crippen LogP contribution in [0.1, 0.15) is 12.5 Å². The summed E-state index contributed by atoms with van der Waals surface area (Å²) < 4.78 is 0. The van der Waals surface area contributed by atoms with Crippen LogP contribution < -0.4 is 5.73 Å². The molecule has 2 N–H and O–H groups in total. The summed E-state index contributed by atoms with van der Waals surface area (Å²) in [7, 11) is 0. The van der Waals surface area contributed by atoms with Crippen molar-refractivity contribution in [2.45, 2.75) is 29.2 Å². The number of hydrogen-bond donors (Lipinski definition) is 1. The number of nitrogens with zero attached hydrogens (tertiary/aromatic N) is 1. The molecule has 0 saturated carbocycles. The fraction of sp³-hybridized carbons (Fsp3) is 0.200. The Morgan fingerprint density at radius 1 is 1.29 bits per heavy atom. The van der Waals surface area contributed by atoms with Crippen molar-refractivity contribution in [1.82, 2.24) is 0 Å². The molecule has 0 radical (unpaired) electrons. The van der Waals surface area contributed by atoms with Crippen molar-refractivity contribution in [2.24, 2.45) is 5.73 Å². The maximum absolute atomic E-state index is 10.9. The molecule has 110 valence electrons. The molecule has 21 heavy (non-hydrogen) atoms. The van der Waals surface area contributed by atoms with E-state index in [1.807, 2.05) is 31.2 Å². The van der Waals surface area contributed by atoms with Crippen molar-refractivity contribution in [3.63, 3.8) is 0 Å². The first-order chi connectivity index (χ1) is 9.95. The monoisotopic (exact) mass is 322 g/mol. The van der Waals surface area contributed by atoms with Crippen molar-refractivity contribution in [2.75, 3.05) is 0 Å². The minimum absolute atomic E-state index is 0.0587. The van der Waals surface area contributed by atoms with Gasteiger partial charge in [0.15, 0.2) is 0 Å². The van der Waals surface area contributed by atoms with Crippen LogP contribution in [0, 0.1) is 10.1 Å². The Balaban J connectivity index is 2.32. The molecule has 0 saturated heterocycles. The molecule has 0 fully saturated rings. The summed E-state index contributed by atoms with van der Waals surface area (Å²) >= 11 is 7.42. The van der Waals surface area contributed by atoms with E-state index in [-0.39, 0.29) is 16.7 Å². The molecule has 4 nitrogen and oxygen atoms in total. The van der Waals surface area contributed by atoms with Gasteiger partial charge in [-0.2, -0.15) is 0 Å². The summed E-state index contributed by atoms with van der Waals surface area (Å²) in [5.41, 5.74) is 6.81. The van der Waals surface area contributed by atoms with E-state index in [0.717, 1.165) is 15.4 Å². The normalized spacial score (nSPS) is 12.1. The predicted molar refractivity (Wildman–Crippen MR) is 86.0 cm³/mol. The third-order valence-electron chi connectivity index (χ3n) is 2.84. The van der Waals surface area contributed by atoms with Crippen LogP contribution in [-0.2, 0) is 6.42 Å². The zero-order valence-corrected chi connectivity index (χ0v) is 13.0. The number of nitrogens with two attached hydrogens (primary N) is 1. The quantitative estimate of drug-likeness (QED) is 0.658. The van der Waals surface area contributed by atoms with Crippen LogP contribution in [0.2, 0.25) is 5.02 Å². The number of hydrogen-bond acceptors (Lipinski definition) is 4. The number of non-ortho nitro benzene ring substituents is 1. The van der Waals surface area contributed by atoms with Crippen molar-refractivity contribution < 1.29 is 4.92 Å². The van der Waals surface area contributed by atoms with Crippen LogP contribution in [0.3, 0.4) is 0 Å². The van der Waals surface area contributed by atoms with Crippen LogP contribution in [-0.4, -0.2) is 11.0 Å². The smallest absolute Gasteiger partial charge is 0.269 e. The maximum atomic E-state index is 10.9. The van der Waals surface area contributed by atoms with E-state index in [1.54, 1.807) is 23.9 Å². The second-order valence-electron chi connectivity index (χ2n) is 4.79. The Morgan fingerprint density at radius 3 is 2.52 bits per heavy atom. The fourth-order valence-corrected chi connectivity index (χ4v) is 2.98. The van der Waals surface area contributed by atoms with Crippen LogP contribution in [0.5, 0.6) is 0 Å². The molecule has 0 aromatic heterocycles. The molecule has 6 heteroatoms. The molecule has 1 atom stereocenters. The average molecular weight is 323 g/mol. The van der Waals surface area contributed by atoms with Gasteiger partial charge in [0.25, 0.3) is 5.69 Å². The lowest BCUT2D eigenvalue weighted by molar-refractivity contribution is -0.385. The van der Waals surface area contributed by atoms with Gasteiger partial charge in [0.2, 0.25) is 0 Å². The molecule has 0 amide bonds. The third-order valence-corrected chi connectivity index (χ3v) is 4.22. The Bertz CT molecular complexity index is 645. The molecule has 0 spiro atoms. The molecule has 0 aliphatic carbocycles. The zero-order valence-electron chi connectivity index (χ0n) is 11.5. The second kappa shape index (κ2) is 6.93. The lowest BCUT2D eigenvalue weighted by Gasteiger charge is -2.11. The Morgan fingerprint density at radius 2 is 1.95 bits per heavy atom. The van der Waals surface area contributed by atoms with E-state index >= 15 is 0 Å². The Kier molecular flexibility index (Phi) is 5.22. The van der Waals surface area contributed by atoms with Crippen molar-refractivity contribution in [3.8, 4) is 0 Å². The number of nitro benzene ring substituents is 1. The molecular weight excluding hydrogens is 308 g/mol. The molecule has 2 rings (SSSR count). The summed E-state index contributed by atoms with van der Waals surface area (Å²) in [5, 5.41) is 11.6. The van der Waals surface area contributed by atoms with Crippen molar-refractivity contribution >= 4 is 29.1 Å². The first-order valence-electron chi connectivity index (χ1n) is 6.42. The topological polar surface area (TPSA) is 69.2 Å². The maximum Gasteiger partial charge on any atom is 0.269 e. The highest BCUT2D eigenvalue weighted by Crippen LogP contribution is 2.33. The molecule has 0 aliphatic rings. The highest BCUT2D eigenvalue weighted by molar-refractivity contribution is 7.99. The third kappa shape index (κ3) is 4.46. The highest BCUT2D eigenvalue weighted by Gasteiger charge is 2.13. The second-order valence-corrected chi connectivity index (χ2v) is 6.34. The lowest BCUT2D eigenvalue weighted by Crippen LogP contribution is -2.18. The molecule has 0 aliphatic heterocycles. The van der Waals surface area contributed by atoms with E-state index in [9.17, 15) is 10.1 Å². The Labute approximate surface area is 132 Å². The van der Waals surface area contributed by atoms with E-state index in [0.29, 0.717) is 11.4 Å². The fourth-order valence-electron chi connectivity index (χ4n) is 1.91. The number of halogens is 1. The largest absolute Gasteiger partial charge is 0.328 e. The summed E-state index contributed by atoms with van der Waals surface area (Å²) in [6.45, 7) is 1.88. The first kappa shape index (κ1) is 15.8. The van der Waals surface area contributed by atoms with E-state index in [1.165, 1.54) is 6.07 Å². The molecule has 1 unspecified atom stereocenters. The SMILES string of the molecule is CC(N)Cc1cc([N+](=O)[O-])ccc1Sc1ccc(Cl)cc1. The van der Waals surface area contributed by atoms with Gasteiger partial charge in [-0.15, -0.1) is 0 Å². The number of rotatable bonds is 5. The molecule has 2 aromatic rings. The minimum Gasteiger partial charge on any atom is -0.328 e. The van der Waals surface area contributed by atoms with E-state index in [2.05, 4.69) is 0 Å². The van der Waals surface area contributed by atoms with E-state index in [4.69, 9.17) is 17.3 Å². The van der Waals surface area contributed by atoms with Crippen LogP contribution in [0.4, 0.5) is 5.69 Å². The van der Waals surface area contributed by atoms with Gasteiger partial charge in [-0.25, -0.2) is 0 Å². The molecule has 2 aromatic carbocycles. The van der Waals surface area contributed by atoms with Gasteiger partial charge in [0.1, 0.15) is 0 Å². The van der Waals surface area contributed by atoms with Crippen LogP contribution in [0.25, 0.3) is 0 Å². The first-order valence-corrected chi connectivity index (χ1v) is 7.61. The lowest BCUT2D eigenvalue weighted by atomic mass is 10.1. The van der Waals surface area contributed by atoms with Crippen LogP contribution in [0.15, 0.2) is 52.3 Å². The van der Waals surface area contributed by atoms with Crippen molar-refractivity contribution in [3.05, 3.63) is 63.2 Å². The minimum atomic E-state index is -0.387. The van der Waals surface area contributed by atoms with E-state index < -0.39 is 0 Å². The molecule has 0 bridgehead atoms. The molecule has 0 heterocycles. The molecular formula is C15H15ClN2O2S. The predicted octanol–water partition coefficient (Wildman–Crippen LogP) is 4.29. The van der Waals surface area contributed by atoms with Crippen molar-refractivity contribution in [1.29, 1.82) is 0 Å². The zero-order chi connectivity index (χ0) is 15.4. The van der Waals surface area contributed by atoms with Gasteiger partial charge < -0.3 is 5.73 Å². The van der Waals surface area contributed by atoms with Gasteiger partial charge in [-0.1, -0.05) is 23.4 Å². The number of benzene rings is 2. The van der Waals surface area contributed by atoms with Gasteiger partial charge in [-0.3, -0.25) is 10.1 Å². The summed E-state index contributed by atoms with van der Waals surface area (Å²) in [4.78, 5) is 12.5. The van der Waals surface area contributed by atoms with Gasteiger partial charge in [0, 0.05) is 33.0 Å². The van der Waals surface area contributed by atoms with Crippen LogP contribution >= 0.6 is 23.4 Å². The standard InChI is InChI=1S/C15H15ClN2O2S/c1-10(17)8-11-9-13(18(19)20)4-7-15(11)21-14-5-2-12(16)3-6-14/h2-7,9-10H,8,17H2,1H3. The van der Waals surface area contributed by atoms with Gasteiger partial charge in [0.05, 0.1) is 4.92 Å². The average Bonchev–Trinajstić information content (AvgIpc) is 2.42. The summed E-state index contributed by atoms with van der Waals surface area (Å²) in [6, 6.07) is 12.3.